The summed E-state index contributed by atoms with van der Waals surface area (Å²) in [4.78, 5) is 8.51. The molecule has 0 spiro atoms. The van der Waals surface area contributed by atoms with E-state index >= 15 is 0 Å². The molecular formula is C24H24N4O5S. The monoisotopic (exact) mass is 480 g/mol. The average molecular weight is 481 g/mol. The number of benzene rings is 2. The van der Waals surface area contributed by atoms with Crippen molar-refractivity contribution in [2.45, 2.75) is 29.8 Å². The number of ether oxygens (including phenoxy) is 2. The van der Waals surface area contributed by atoms with E-state index in [4.69, 9.17) is 13.9 Å². The van der Waals surface area contributed by atoms with Crippen LogP contribution < -0.4 is 14.8 Å². The Bertz CT molecular complexity index is 1400. The van der Waals surface area contributed by atoms with Gasteiger partial charge >= 0.3 is 0 Å². The Balaban J connectivity index is 1.48. The summed E-state index contributed by atoms with van der Waals surface area (Å²) < 4.78 is 46.2. The Hall–Kier alpha value is -3.79. The molecule has 1 aliphatic rings. The van der Waals surface area contributed by atoms with Crippen molar-refractivity contribution in [3.05, 3.63) is 66.7 Å². The minimum absolute atomic E-state index is 0.0582. The lowest BCUT2D eigenvalue weighted by atomic mass is 10.1. The molecule has 1 N–H and O–H groups in total. The summed E-state index contributed by atoms with van der Waals surface area (Å²) in [5.74, 6) is 1.26. The summed E-state index contributed by atoms with van der Waals surface area (Å²) >= 11 is 0. The van der Waals surface area contributed by atoms with Crippen LogP contribution in [0, 0.1) is 6.92 Å². The number of aryl methyl sites for hydroxylation is 2. The number of sulfone groups is 1. The molecular weight excluding hydrogens is 456 g/mol. The summed E-state index contributed by atoms with van der Waals surface area (Å²) in [6.07, 6.45) is 6.07. The van der Waals surface area contributed by atoms with Gasteiger partial charge < -0.3 is 23.8 Å². The molecule has 5 rings (SSSR count). The maximum atomic E-state index is 13.6. The van der Waals surface area contributed by atoms with Crippen LogP contribution in [0.15, 0.2) is 75.5 Å². The van der Waals surface area contributed by atoms with E-state index in [9.17, 15) is 8.42 Å². The highest BCUT2D eigenvalue weighted by atomic mass is 32.2. The van der Waals surface area contributed by atoms with Gasteiger partial charge in [-0.3, -0.25) is 0 Å². The Labute approximate surface area is 197 Å². The molecule has 9 nitrogen and oxygen atoms in total. The standard InChI is InChI=1S/C24H24N4O5S/c1-17-5-2-3-6-19(17)22-27-24(23(33-22)26-9-4-11-28-12-10-25-16-28)34(29,30)18-7-8-20-21(15-18)32-14-13-31-20/h2-3,5-8,10,12,15-16,26H,4,9,11,13-14H2,1H3. The van der Waals surface area contributed by atoms with Gasteiger partial charge in [-0.05, 0) is 37.1 Å². The van der Waals surface area contributed by atoms with Crippen LogP contribution in [-0.4, -0.2) is 42.7 Å². The second-order valence-electron chi connectivity index (χ2n) is 7.86. The fraction of sp³-hybridized carbons (Fsp3) is 0.250. The van der Waals surface area contributed by atoms with E-state index in [0.717, 1.165) is 24.1 Å². The molecule has 2 aromatic heterocycles. The number of rotatable bonds is 8. The predicted octanol–water partition coefficient (Wildman–Crippen LogP) is 3.95. The van der Waals surface area contributed by atoms with Crippen LogP contribution in [0.1, 0.15) is 12.0 Å². The van der Waals surface area contributed by atoms with E-state index in [1.165, 1.54) is 12.1 Å². The van der Waals surface area contributed by atoms with E-state index in [1.807, 2.05) is 42.0 Å². The molecule has 0 radical (unpaired) electrons. The Morgan fingerprint density at radius 3 is 2.71 bits per heavy atom. The van der Waals surface area contributed by atoms with E-state index in [2.05, 4.69) is 15.3 Å². The molecule has 3 heterocycles. The maximum Gasteiger partial charge on any atom is 0.233 e. The molecule has 4 aromatic rings. The Morgan fingerprint density at radius 1 is 1.09 bits per heavy atom. The highest BCUT2D eigenvalue weighted by molar-refractivity contribution is 7.91. The highest BCUT2D eigenvalue weighted by Crippen LogP contribution is 2.37. The first-order valence-corrected chi connectivity index (χ1v) is 12.4. The number of imidazole rings is 1. The molecule has 2 aromatic carbocycles. The van der Waals surface area contributed by atoms with Gasteiger partial charge in [0.15, 0.2) is 11.5 Å². The number of nitrogens with zero attached hydrogens (tertiary/aromatic N) is 3. The maximum absolute atomic E-state index is 13.6. The summed E-state index contributed by atoms with van der Waals surface area (Å²) in [6, 6.07) is 12.1. The van der Waals surface area contributed by atoms with Gasteiger partial charge in [-0.1, -0.05) is 18.2 Å². The van der Waals surface area contributed by atoms with Crippen molar-refractivity contribution in [3.63, 3.8) is 0 Å². The number of oxazole rings is 1. The molecule has 0 aliphatic carbocycles. The largest absolute Gasteiger partial charge is 0.486 e. The average Bonchev–Trinajstić information content (AvgIpc) is 3.52. The summed E-state index contributed by atoms with van der Waals surface area (Å²) in [5.41, 5.74) is 1.66. The third-order valence-corrected chi connectivity index (χ3v) is 7.15. The van der Waals surface area contributed by atoms with E-state index in [0.29, 0.717) is 31.3 Å². The van der Waals surface area contributed by atoms with E-state index in [1.54, 1.807) is 18.6 Å². The normalized spacial score (nSPS) is 13.1. The fourth-order valence-corrected chi connectivity index (χ4v) is 5.01. The molecule has 0 bridgehead atoms. The number of hydrogen-bond acceptors (Lipinski definition) is 8. The topological polar surface area (TPSA) is 108 Å². The van der Waals surface area contributed by atoms with Gasteiger partial charge in [-0.15, -0.1) is 0 Å². The lowest BCUT2D eigenvalue weighted by molar-refractivity contribution is 0.171. The van der Waals surface area contributed by atoms with Crippen LogP contribution >= 0.6 is 0 Å². The first kappa shape index (κ1) is 22.0. The zero-order valence-corrected chi connectivity index (χ0v) is 19.4. The number of anilines is 1. The van der Waals surface area contributed by atoms with Gasteiger partial charge in [0, 0.05) is 37.1 Å². The number of hydrogen-bond donors (Lipinski definition) is 1. The van der Waals surface area contributed by atoms with E-state index in [-0.39, 0.29) is 21.7 Å². The van der Waals surface area contributed by atoms with Gasteiger partial charge in [0.2, 0.25) is 26.6 Å². The van der Waals surface area contributed by atoms with Crippen molar-refractivity contribution in [1.82, 2.24) is 14.5 Å². The number of aromatic nitrogens is 3. The van der Waals surface area contributed by atoms with Crippen molar-refractivity contribution in [3.8, 4) is 23.0 Å². The van der Waals surface area contributed by atoms with Gasteiger partial charge in [-0.25, -0.2) is 13.4 Å². The second kappa shape index (κ2) is 9.22. The number of fused-ring (bicyclic) bond motifs is 1. The predicted molar refractivity (Wildman–Crippen MR) is 125 cm³/mol. The second-order valence-corrected chi connectivity index (χ2v) is 9.72. The fourth-order valence-electron chi connectivity index (χ4n) is 3.71. The van der Waals surface area contributed by atoms with Crippen LogP contribution in [0.2, 0.25) is 0 Å². The van der Waals surface area contributed by atoms with Crippen molar-refractivity contribution < 1.29 is 22.3 Å². The minimum Gasteiger partial charge on any atom is -0.486 e. The van der Waals surface area contributed by atoms with Gasteiger partial charge in [0.25, 0.3) is 0 Å². The van der Waals surface area contributed by atoms with Crippen LogP contribution in [-0.2, 0) is 16.4 Å². The third kappa shape index (κ3) is 4.36. The quantitative estimate of drug-likeness (QED) is 0.378. The van der Waals surface area contributed by atoms with Crippen LogP contribution in [0.25, 0.3) is 11.5 Å². The SMILES string of the molecule is Cc1ccccc1-c1nc(S(=O)(=O)c2ccc3c(c2)OCCO3)c(NCCCn2ccnc2)o1. The van der Waals surface area contributed by atoms with E-state index < -0.39 is 9.84 Å². The van der Waals surface area contributed by atoms with Crippen LogP contribution in [0.4, 0.5) is 5.88 Å². The van der Waals surface area contributed by atoms with Gasteiger partial charge in [0.05, 0.1) is 11.2 Å². The minimum atomic E-state index is -4.00. The molecule has 0 fully saturated rings. The Morgan fingerprint density at radius 2 is 1.91 bits per heavy atom. The smallest absolute Gasteiger partial charge is 0.233 e. The zero-order chi connectivity index (χ0) is 23.5. The highest BCUT2D eigenvalue weighted by Gasteiger charge is 2.30. The lowest BCUT2D eigenvalue weighted by Crippen LogP contribution is -2.16. The van der Waals surface area contributed by atoms with Crippen LogP contribution in [0.5, 0.6) is 11.5 Å². The summed E-state index contributed by atoms with van der Waals surface area (Å²) in [6.45, 7) is 3.93. The molecule has 176 valence electrons. The molecule has 0 unspecified atom stereocenters. The van der Waals surface area contributed by atoms with Crippen molar-refractivity contribution in [1.29, 1.82) is 0 Å². The summed E-state index contributed by atoms with van der Waals surface area (Å²) in [7, 11) is -4.00. The summed E-state index contributed by atoms with van der Waals surface area (Å²) in [5, 5.41) is 2.96. The molecule has 0 atom stereocenters. The van der Waals surface area contributed by atoms with Crippen molar-refractivity contribution >= 4 is 15.7 Å². The van der Waals surface area contributed by atoms with Gasteiger partial charge in [0.1, 0.15) is 13.2 Å². The Kier molecular flexibility index (Phi) is 5.97. The van der Waals surface area contributed by atoms with Crippen molar-refractivity contribution in [2.75, 3.05) is 25.1 Å². The molecule has 0 amide bonds. The van der Waals surface area contributed by atoms with Gasteiger partial charge in [-0.2, -0.15) is 4.98 Å². The zero-order valence-electron chi connectivity index (χ0n) is 18.6. The molecule has 10 heteroatoms. The molecule has 0 saturated carbocycles. The third-order valence-electron chi connectivity index (χ3n) is 5.49. The molecule has 0 saturated heterocycles. The van der Waals surface area contributed by atoms with Crippen LogP contribution in [0.3, 0.4) is 0 Å². The first-order chi connectivity index (χ1) is 16.5. The molecule has 1 aliphatic heterocycles. The van der Waals surface area contributed by atoms with Crippen molar-refractivity contribution in [2.24, 2.45) is 0 Å². The number of nitrogens with one attached hydrogen (secondary N) is 1. The first-order valence-electron chi connectivity index (χ1n) is 10.9. The molecule has 34 heavy (non-hydrogen) atoms. The lowest BCUT2D eigenvalue weighted by Gasteiger charge is -2.18.